The normalized spacial score (nSPS) is 16.5. The van der Waals surface area contributed by atoms with Crippen LogP contribution in [0.4, 0.5) is 0 Å². The number of halogens is 1. The zero-order valence-corrected chi connectivity index (χ0v) is 14.5. The van der Waals surface area contributed by atoms with Gasteiger partial charge in [-0.1, -0.05) is 23.8 Å². The Bertz CT molecular complexity index is 499. The van der Waals surface area contributed by atoms with Gasteiger partial charge in [0.05, 0.1) is 6.54 Å². The van der Waals surface area contributed by atoms with Gasteiger partial charge in [0.1, 0.15) is 0 Å². The maximum Gasteiger partial charge on any atom is 0.317 e. The predicted molar refractivity (Wildman–Crippen MR) is 91.7 cm³/mol. The van der Waals surface area contributed by atoms with Crippen LogP contribution in [0.3, 0.4) is 0 Å². The highest BCUT2D eigenvalue weighted by atomic mass is 35.5. The highest BCUT2D eigenvalue weighted by Crippen LogP contribution is 2.19. The number of carboxylic acid groups (broad SMARTS) is 1. The van der Waals surface area contributed by atoms with E-state index in [4.69, 9.17) is 5.11 Å². The summed E-state index contributed by atoms with van der Waals surface area (Å²) in [6, 6.07) is 7.03. The van der Waals surface area contributed by atoms with E-state index in [1.165, 1.54) is 16.7 Å². The first-order valence-corrected chi connectivity index (χ1v) is 7.66. The quantitative estimate of drug-likeness (QED) is 0.903. The van der Waals surface area contributed by atoms with E-state index < -0.39 is 5.97 Å². The van der Waals surface area contributed by atoms with Crippen LogP contribution in [0.15, 0.2) is 18.2 Å². The molecule has 1 aliphatic heterocycles. The van der Waals surface area contributed by atoms with Crippen LogP contribution < -0.4 is 0 Å². The topological polar surface area (TPSA) is 43.8 Å². The summed E-state index contributed by atoms with van der Waals surface area (Å²) in [6.07, 6.45) is 2.10. The number of aryl methyl sites for hydroxylation is 2. The van der Waals surface area contributed by atoms with E-state index in [0.29, 0.717) is 6.04 Å². The number of hydrogen-bond donors (Lipinski definition) is 1. The lowest BCUT2D eigenvalue weighted by molar-refractivity contribution is -0.138. The van der Waals surface area contributed by atoms with Crippen molar-refractivity contribution >= 4 is 18.4 Å². The van der Waals surface area contributed by atoms with Crippen LogP contribution in [0.1, 0.15) is 29.5 Å². The van der Waals surface area contributed by atoms with Gasteiger partial charge in [0, 0.05) is 12.6 Å². The molecule has 0 aliphatic carbocycles. The smallest absolute Gasteiger partial charge is 0.317 e. The van der Waals surface area contributed by atoms with Crippen molar-refractivity contribution in [3.05, 3.63) is 34.9 Å². The van der Waals surface area contributed by atoms with Crippen LogP contribution in [0, 0.1) is 13.8 Å². The van der Waals surface area contributed by atoms with Gasteiger partial charge in [-0.05, 0) is 58.0 Å². The average molecular weight is 327 g/mol. The third-order valence-electron chi connectivity index (χ3n) is 4.46. The Kier molecular flexibility index (Phi) is 7.33. The van der Waals surface area contributed by atoms with Gasteiger partial charge < -0.3 is 5.11 Å². The number of benzene rings is 1. The molecule has 1 aromatic rings. The third-order valence-corrected chi connectivity index (χ3v) is 4.46. The Balaban J connectivity index is 0.00000242. The van der Waals surface area contributed by atoms with Crippen molar-refractivity contribution in [3.63, 3.8) is 0 Å². The SMILES string of the molecule is Cc1ccc(C)c(CN2CCC(N(C)CC(=O)O)CC2)c1.Cl. The van der Waals surface area contributed by atoms with Gasteiger partial charge in [0.25, 0.3) is 0 Å². The van der Waals surface area contributed by atoms with E-state index in [9.17, 15) is 4.79 Å². The zero-order chi connectivity index (χ0) is 15.4. The second-order valence-electron chi connectivity index (χ2n) is 6.25. The molecular weight excluding hydrogens is 300 g/mol. The largest absolute Gasteiger partial charge is 0.480 e. The maximum atomic E-state index is 10.8. The molecule has 0 aromatic heterocycles. The molecule has 0 radical (unpaired) electrons. The number of carboxylic acids is 1. The van der Waals surface area contributed by atoms with Crippen LogP contribution in [-0.4, -0.2) is 53.6 Å². The van der Waals surface area contributed by atoms with E-state index in [-0.39, 0.29) is 19.0 Å². The first-order valence-electron chi connectivity index (χ1n) is 7.66. The van der Waals surface area contributed by atoms with Crippen molar-refractivity contribution in [1.82, 2.24) is 9.80 Å². The van der Waals surface area contributed by atoms with Crippen molar-refractivity contribution in [1.29, 1.82) is 0 Å². The predicted octanol–water partition coefficient (Wildman–Crippen LogP) is 2.71. The summed E-state index contributed by atoms with van der Waals surface area (Å²) in [5, 5.41) is 8.87. The molecule has 1 fully saturated rings. The van der Waals surface area contributed by atoms with E-state index in [0.717, 1.165) is 32.5 Å². The number of rotatable bonds is 5. The number of hydrogen-bond acceptors (Lipinski definition) is 3. The highest BCUT2D eigenvalue weighted by Gasteiger charge is 2.23. The minimum Gasteiger partial charge on any atom is -0.480 e. The Morgan fingerprint density at radius 2 is 1.95 bits per heavy atom. The Morgan fingerprint density at radius 3 is 2.55 bits per heavy atom. The fourth-order valence-corrected chi connectivity index (χ4v) is 3.07. The summed E-state index contributed by atoms with van der Waals surface area (Å²) >= 11 is 0. The molecule has 1 aromatic carbocycles. The van der Waals surface area contributed by atoms with E-state index >= 15 is 0 Å². The zero-order valence-electron chi connectivity index (χ0n) is 13.7. The number of likely N-dealkylation sites (N-methyl/N-ethyl adjacent to an activating group) is 1. The van der Waals surface area contributed by atoms with Crippen molar-refractivity contribution in [2.75, 3.05) is 26.7 Å². The van der Waals surface area contributed by atoms with Crippen LogP contribution in [0.5, 0.6) is 0 Å². The molecule has 1 heterocycles. The molecule has 1 saturated heterocycles. The first-order chi connectivity index (χ1) is 9.95. The van der Waals surface area contributed by atoms with Crippen molar-refractivity contribution in [3.8, 4) is 0 Å². The summed E-state index contributed by atoms with van der Waals surface area (Å²) in [7, 11) is 1.92. The van der Waals surface area contributed by atoms with Gasteiger partial charge in [-0.25, -0.2) is 0 Å². The van der Waals surface area contributed by atoms with E-state index in [1.807, 2.05) is 11.9 Å². The lowest BCUT2D eigenvalue weighted by Crippen LogP contribution is -2.44. The molecule has 0 saturated carbocycles. The number of piperidine rings is 1. The molecule has 5 heteroatoms. The molecule has 0 unspecified atom stereocenters. The average Bonchev–Trinajstić information content (AvgIpc) is 2.43. The van der Waals surface area contributed by atoms with Crippen LogP contribution in [-0.2, 0) is 11.3 Å². The summed E-state index contributed by atoms with van der Waals surface area (Å²) < 4.78 is 0. The van der Waals surface area contributed by atoms with Crippen molar-refractivity contribution < 1.29 is 9.90 Å². The fraction of sp³-hybridized carbons (Fsp3) is 0.588. The number of aliphatic carboxylic acids is 1. The summed E-state index contributed by atoms with van der Waals surface area (Å²) in [4.78, 5) is 15.2. The number of likely N-dealkylation sites (tertiary alicyclic amines) is 1. The molecule has 0 atom stereocenters. The van der Waals surface area contributed by atoms with Crippen LogP contribution in [0.2, 0.25) is 0 Å². The van der Waals surface area contributed by atoms with Gasteiger partial charge in [-0.15, -0.1) is 12.4 Å². The standard InChI is InChI=1S/C17H26N2O2.ClH/c1-13-4-5-14(2)15(10-13)11-19-8-6-16(7-9-19)18(3)12-17(20)21;/h4-5,10,16H,6-9,11-12H2,1-3H3,(H,20,21);1H. The van der Waals surface area contributed by atoms with Gasteiger partial charge >= 0.3 is 5.97 Å². The molecule has 1 aliphatic rings. The lowest BCUT2D eigenvalue weighted by atomic mass is 10.0. The summed E-state index contributed by atoms with van der Waals surface area (Å²) in [6.45, 7) is 7.53. The summed E-state index contributed by atoms with van der Waals surface area (Å²) in [5.74, 6) is -0.740. The maximum absolute atomic E-state index is 10.8. The Hall–Kier alpha value is -1.10. The first kappa shape index (κ1) is 18.9. The minimum atomic E-state index is -0.740. The Labute approximate surface area is 139 Å². The molecule has 0 spiro atoms. The van der Waals surface area contributed by atoms with Crippen LogP contribution >= 0.6 is 12.4 Å². The van der Waals surface area contributed by atoms with Gasteiger partial charge in [0.2, 0.25) is 0 Å². The fourth-order valence-electron chi connectivity index (χ4n) is 3.07. The second kappa shape index (κ2) is 8.51. The van der Waals surface area contributed by atoms with E-state index in [1.54, 1.807) is 0 Å². The van der Waals surface area contributed by atoms with Gasteiger partial charge in [-0.2, -0.15) is 0 Å². The molecule has 22 heavy (non-hydrogen) atoms. The molecule has 124 valence electrons. The number of carbonyl (C=O) groups is 1. The molecule has 4 nitrogen and oxygen atoms in total. The van der Waals surface area contributed by atoms with E-state index in [2.05, 4.69) is 36.9 Å². The van der Waals surface area contributed by atoms with Crippen molar-refractivity contribution in [2.24, 2.45) is 0 Å². The van der Waals surface area contributed by atoms with Gasteiger partial charge in [0.15, 0.2) is 0 Å². The highest BCUT2D eigenvalue weighted by molar-refractivity contribution is 5.85. The monoisotopic (exact) mass is 326 g/mol. The second-order valence-corrected chi connectivity index (χ2v) is 6.25. The van der Waals surface area contributed by atoms with Gasteiger partial charge in [-0.3, -0.25) is 14.6 Å². The Morgan fingerprint density at radius 1 is 1.32 bits per heavy atom. The summed E-state index contributed by atoms with van der Waals surface area (Å²) in [5.41, 5.74) is 4.07. The molecular formula is C17H27ClN2O2. The van der Waals surface area contributed by atoms with Crippen molar-refractivity contribution in [2.45, 2.75) is 39.3 Å². The minimum absolute atomic E-state index is 0. The third kappa shape index (κ3) is 5.27. The molecule has 1 N–H and O–H groups in total. The molecule has 2 rings (SSSR count). The lowest BCUT2D eigenvalue weighted by Gasteiger charge is -2.36. The van der Waals surface area contributed by atoms with Crippen LogP contribution in [0.25, 0.3) is 0 Å². The number of nitrogens with zero attached hydrogens (tertiary/aromatic N) is 2. The molecule has 0 bridgehead atoms. The molecule has 0 amide bonds.